The highest BCUT2D eigenvalue weighted by Gasteiger charge is 2.35. The van der Waals surface area contributed by atoms with Gasteiger partial charge in [0.25, 0.3) is 5.91 Å². The van der Waals surface area contributed by atoms with Gasteiger partial charge in [-0.25, -0.2) is 5.01 Å². The van der Waals surface area contributed by atoms with E-state index in [0.29, 0.717) is 31.5 Å². The number of carbonyl (C=O) groups is 3. The summed E-state index contributed by atoms with van der Waals surface area (Å²) in [6, 6.07) is 9.46. The predicted octanol–water partition coefficient (Wildman–Crippen LogP) is 1.88. The third kappa shape index (κ3) is 3.92. The average molecular weight is 357 g/mol. The number of carboxylic acid groups (broad SMARTS) is 1. The molecular formula is C19H23N3O4. The van der Waals surface area contributed by atoms with Crippen LogP contribution in [0.1, 0.15) is 38.2 Å². The van der Waals surface area contributed by atoms with E-state index in [1.165, 1.54) is 5.01 Å². The van der Waals surface area contributed by atoms with E-state index in [-0.39, 0.29) is 30.8 Å². The summed E-state index contributed by atoms with van der Waals surface area (Å²) in [5.74, 6) is -1.78. The Labute approximate surface area is 152 Å². The molecule has 7 nitrogen and oxygen atoms in total. The Bertz CT molecular complexity index is 732. The van der Waals surface area contributed by atoms with Gasteiger partial charge in [-0.15, -0.1) is 0 Å². The summed E-state index contributed by atoms with van der Waals surface area (Å²) < 4.78 is 0. The molecule has 1 aromatic rings. The normalized spacial score (nSPS) is 23.6. The molecule has 2 aliphatic heterocycles. The number of hydrazone groups is 1. The summed E-state index contributed by atoms with van der Waals surface area (Å²) in [4.78, 5) is 37.9. The first kappa shape index (κ1) is 18.1. The van der Waals surface area contributed by atoms with Gasteiger partial charge >= 0.3 is 5.97 Å². The number of rotatable bonds is 4. The molecule has 0 bridgehead atoms. The second-order valence-corrected chi connectivity index (χ2v) is 6.90. The zero-order chi connectivity index (χ0) is 18.7. The number of nitrogens with zero attached hydrogens (tertiary/aromatic N) is 3. The van der Waals surface area contributed by atoms with E-state index in [0.717, 1.165) is 5.56 Å². The molecule has 1 N–H and O–H groups in total. The van der Waals surface area contributed by atoms with Crippen LogP contribution in [-0.2, 0) is 20.9 Å². The summed E-state index contributed by atoms with van der Waals surface area (Å²) in [7, 11) is 0. The van der Waals surface area contributed by atoms with Crippen LogP contribution in [0.4, 0.5) is 0 Å². The molecule has 1 saturated heterocycles. The zero-order valence-electron chi connectivity index (χ0n) is 14.8. The molecule has 26 heavy (non-hydrogen) atoms. The number of carbonyl (C=O) groups excluding carboxylic acids is 2. The maximum Gasteiger partial charge on any atom is 0.308 e. The van der Waals surface area contributed by atoms with Gasteiger partial charge in [-0.3, -0.25) is 14.4 Å². The zero-order valence-corrected chi connectivity index (χ0v) is 14.8. The van der Waals surface area contributed by atoms with Crippen LogP contribution < -0.4 is 0 Å². The van der Waals surface area contributed by atoms with Gasteiger partial charge < -0.3 is 10.0 Å². The molecule has 3 rings (SSSR count). The lowest BCUT2D eigenvalue weighted by Gasteiger charge is -2.37. The Morgan fingerprint density at radius 2 is 1.92 bits per heavy atom. The fourth-order valence-corrected chi connectivity index (χ4v) is 3.39. The van der Waals surface area contributed by atoms with E-state index in [2.05, 4.69) is 5.10 Å². The van der Waals surface area contributed by atoms with Gasteiger partial charge in [0.15, 0.2) is 0 Å². The van der Waals surface area contributed by atoms with Crippen LogP contribution in [0.3, 0.4) is 0 Å². The van der Waals surface area contributed by atoms with Crippen LogP contribution >= 0.6 is 0 Å². The molecule has 1 fully saturated rings. The number of hydrogen-bond donors (Lipinski definition) is 1. The molecule has 0 aliphatic carbocycles. The van der Waals surface area contributed by atoms with Crippen LogP contribution in [0, 0.1) is 5.92 Å². The number of aliphatic carboxylic acids is 1. The fourth-order valence-electron chi connectivity index (χ4n) is 3.39. The Morgan fingerprint density at radius 3 is 2.62 bits per heavy atom. The number of carboxylic acids is 1. The van der Waals surface area contributed by atoms with Gasteiger partial charge in [0, 0.05) is 25.4 Å². The van der Waals surface area contributed by atoms with Gasteiger partial charge in [-0.05, 0) is 25.3 Å². The molecule has 138 valence electrons. The maximum atomic E-state index is 12.9. The largest absolute Gasteiger partial charge is 0.481 e. The quantitative estimate of drug-likeness (QED) is 0.891. The molecule has 0 saturated carbocycles. The predicted molar refractivity (Wildman–Crippen MR) is 95.2 cm³/mol. The van der Waals surface area contributed by atoms with Gasteiger partial charge in [0.1, 0.15) is 5.71 Å². The van der Waals surface area contributed by atoms with Crippen molar-refractivity contribution in [2.45, 2.75) is 45.2 Å². The van der Waals surface area contributed by atoms with Crippen LogP contribution in [0.25, 0.3) is 0 Å². The SMILES string of the molecule is CC1CCC(C(=O)O)CN1C(=O)C1=NN(Cc2ccccc2)C(=O)CC1. The van der Waals surface area contributed by atoms with Crippen molar-refractivity contribution in [1.82, 2.24) is 9.91 Å². The molecule has 2 atom stereocenters. The van der Waals surface area contributed by atoms with Gasteiger partial charge in [-0.2, -0.15) is 5.10 Å². The van der Waals surface area contributed by atoms with Gasteiger partial charge in [0.2, 0.25) is 5.91 Å². The third-order valence-corrected chi connectivity index (χ3v) is 5.02. The van der Waals surface area contributed by atoms with E-state index in [1.807, 2.05) is 37.3 Å². The standard InChI is InChI=1S/C19H23N3O4/c1-13-7-8-15(19(25)26)12-21(13)18(24)16-9-10-17(23)22(20-16)11-14-5-3-2-4-6-14/h2-6,13,15H,7-12H2,1H3,(H,25,26). The highest BCUT2D eigenvalue weighted by molar-refractivity contribution is 6.39. The number of hydrogen-bond acceptors (Lipinski definition) is 4. The third-order valence-electron chi connectivity index (χ3n) is 5.02. The molecule has 2 unspecified atom stereocenters. The van der Waals surface area contributed by atoms with Crippen molar-refractivity contribution in [3.63, 3.8) is 0 Å². The van der Waals surface area contributed by atoms with E-state index < -0.39 is 11.9 Å². The minimum absolute atomic E-state index is 0.0269. The summed E-state index contributed by atoms with van der Waals surface area (Å²) in [5, 5.41) is 14.9. The average Bonchev–Trinajstić information content (AvgIpc) is 2.64. The summed E-state index contributed by atoms with van der Waals surface area (Å²) in [5.41, 5.74) is 1.27. The minimum Gasteiger partial charge on any atom is -0.481 e. The van der Waals surface area contributed by atoms with E-state index in [1.54, 1.807) is 4.90 Å². The van der Waals surface area contributed by atoms with Crippen molar-refractivity contribution in [1.29, 1.82) is 0 Å². The Balaban J connectivity index is 1.76. The lowest BCUT2D eigenvalue weighted by molar-refractivity contribution is -0.145. The highest BCUT2D eigenvalue weighted by Crippen LogP contribution is 2.24. The smallest absolute Gasteiger partial charge is 0.308 e. The van der Waals surface area contributed by atoms with E-state index in [9.17, 15) is 19.5 Å². The molecule has 0 radical (unpaired) electrons. The Kier molecular flexibility index (Phi) is 5.35. The molecule has 2 heterocycles. The van der Waals surface area contributed by atoms with Gasteiger partial charge in [-0.1, -0.05) is 30.3 Å². The second-order valence-electron chi connectivity index (χ2n) is 6.90. The van der Waals surface area contributed by atoms with Crippen LogP contribution in [0.2, 0.25) is 0 Å². The number of benzene rings is 1. The minimum atomic E-state index is -0.874. The van der Waals surface area contributed by atoms with Gasteiger partial charge in [0.05, 0.1) is 12.5 Å². The summed E-state index contributed by atoms with van der Waals surface area (Å²) in [6.45, 7) is 2.44. The second kappa shape index (κ2) is 7.68. The monoisotopic (exact) mass is 357 g/mol. The number of likely N-dealkylation sites (tertiary alicyclic amines) is 1. The number of amides is 2. The maximum absolute atomic E-state index is 12.9. The van der Waals surface area contributed by atoms with Crippen molar-refractivity contribution in [2.24, 2.45) is 11.0 Å². The summed E-state index contributed by atoms with van der Waals surface area (Å²) in [6.07, 6.45) is 1.76. The van der Waals surface area contributed by atoms with Crippen molar-refractivity contribution in [3.05, 3.63) is 35.9 Å². The number of piperidine rings is 1. The van der Waals surface area contributed by atoms with Crippen molar-refractivity contribution < 1.29 is 19.5 Å². The van der Waals surface area contributed by atoms with Crippen LogP contribution in [-0.4, -0.2) is 51.1 Å². The first-order chi connectivity index (χ1) is 12.5. The molecule has 1 aromatic carbocycles. The Morgan fingerprint density at radius 1 is 1.19 bits per heavy atom. The lowest BCUT2D eigenvalue weighted by Crippen LogP contribution is -2.50. The topological polar surface area (TPSA) is 90.3 Å². The fraction of sp³-hybridized carbons (Fsp3) is 0.474. The molecule has 2 aliphatic rings. The van der Waals surface area contributed by atoms with E-state index >= 15 is 0 Å². The molecule has 7 heteroatoms. The summed E-state index contributed by atoms with van der Waals surface area (Å²) >= 11 is 0. The van der Waals surface area contributed by atoms with E-state index in [4.69, 9.17) is 0 Å². The van der Waals surface area contributed by atoms with Crippen molar-refractivity contribution in [2.75, 3.05) is 6.54 Å². The molecular weight excluding hydrogens is 334 g/mol. The Hall–Kier alpha value is -2.70. The molecule has 0 aromatic heterocycles. The highest BCUT2D eigenvalue weighted by atomic mass is 16.4. The van der Waals surface area contributed by atoms with Crippen LogP contribution in [0.15, 0.2) is 35.4 Å². The first-order valence-corrected chi connectivity index (χ1v) is 8.91. The molecule has 2 amide bonds. The lowest BCUT2D eigenvalue weighted by atomic mass is 9.93. The first-order valence-electron chi connectivity index (χ1n) is 8.91. The van der Waals surface area contributed by atoms with Crippen LogP contribution in [0.5, 0.6) is 0 Å². The van der Waals surface area contributed by atoms with Crippen molar-refractivity contribution in [3.8, 4) is 0 Å². The van der Waals surface area contributed by atoms with Crippen molar-refractivity contribution >= 4 is 23.5 Å². The molecule has 0 spiro atoms.